The molecule has 36 heavy (non-hydrogen) atoms. The summed E-state index contributed by atoms with van der Waals surface area (Å²) in [7, 11) is 1.79. The molecule has 3 aromatic rings. The number of hydrogen-bond acceptors (Lipinski definition) is 8. The summed E-state index contributed by atoms with van der Waals surface area (Å²) in [5, 5.41) is 10.4. The van der Waals surface area contributed by atoms with Crippen LogP contribution in [0.5, 0.6) is 0 Å². The third-order valence-corrected chi connectivity index (χ3v) is 6.45. The number of hydrogen-bond donors (Lipinski definition) is 4. The van der Waals surface area contributed by atoms with Crippen molar-refractivity contribution in [3.63, 3.8) is 0 Å². The first-order valence-electron chi connectivity index (χ1n) is 11.9. The first-order valence-corrected chi connectivity index (χ1v) is 11.9. The zero-order valence-corrected chi connectivity index (χ0v) is 21.0. The minimum absolute atomic E-state index is 0.0428. The lowest BCUT2D eigenvalue weighted by atomic mass is 9.94. The molecule has 3 heterocycles. The largest absolute Gasteiger partial charge is 0.364 e. The van der Waals surface area contributed by atoms with Crippen molar-refractivity contribution in [1.82, 2.24) is 25.1 Å². The molecule has 2 atom stereocenters. The summed E-state index contributed by atoms with van der Waals surface area (Å²) >= 11 is 0. The van der Waals surface area contributed by atoms with E-state index in [0.717, 1.165) is 24.9 Å². The van der Waals surface area contributed by atoms with E-state index in [-0.39, 0.29) is 29.5 Å². The van der Waals surface area contributed by atoms with E-state index in [1.54, 1.807) is 42.5 Å². The van der Waals surface area contributed by atoms with Crippen molar-refractivity contribution >= 4 is 29.1 Å². The zero-order chi connectivity index (χ0) is 26.0. The van der Waals surface area contributed by atoms with Gasteiger partial charge >= 0.3 is 0 Å². The van der Waals surface area contributed by atoms with Gasteiger partial charge in [0.25, 0.3) is 11.8 Å². The van der Waals surface area contributed by atoms with Gasteiger partial charge in [-0.2, -0.15) is 5.10 Å². The van der Waals surface area contributed by atoms with E-state index in [9.17, 15) is 9.59 Å². The Bertz CT molecular complexity index is 1250. The molecule has 6 N–H and O–H groups in total. The highest BCUT2D eigenvalue weighted by Gasteiger charge is 2.31. The number of benzene rings is 1. The topological polar surface area (TPSA) is 157 Å². The molecular formula is C25H33N9O2. The molecule has 0 unspecified atom stereocenters. The Balaban J connectivity index is 1.51. The number of aryl methyl sites for hydroxylation is 1. The van der Waals surface area contributed by atoms with Crippen LogP contribution in [0, 0.1) is 0 Å². The van der Waals surface area contributed by atoms with Crippen LogP contribution in [0.3, 0.4) is 0 Å². The highest BCUT2D eigenvalue weighted by Crippen LogP contribution is 2.27. The minimum Gasteiger partial charge on any atom is -0.364 e. The van der Waals surface area contributed by atoms with Gasteiger partial charge in [-0.15, -0.1) is 0 Å². The summed E-state index contributed by atoms with van der Waals surface area (Å²) in [6.07, 6.45) is 6.62. The molecule has 0 spiro atoms. The van der Waals surface area contributed by atoms with Gasteiger partial charge in [-0.1, -0.05) is 12.1 Å². The van der Waals surface area contributed by atoms with E-state index in [2.05, 4.69) is 30.6 Å². The second kappa shape index (κ2) is 9.94. The summed E-state index contributed by atoms with van der Waals surface area (Å²) in [5.41, 5.74) is 13.5. The molecule has 190 valence electrons. The molecule has 0 saturated carbocycles. The van der Waals surface area contributed by atoms with Gasteiger partial charge in [-0.25, -0.2) is 9.97 Å². The Morgan fingerprint density at radius 1 is 1.17 bits per heavy atom. The summed E-state index contributed by atoms with van der Waals surface area (Å²) in [4.78, 5) is 36.0. The van der Waals surface area contributed by atoms with Crippen molar-refractivity contribution in [3.05, 3.63) is 59.7 Å². The lowest BCUT2D eigenvalue weighted by molar-refractivity contribution is 0.0923. The van der Waals surface area contributed by atoms with Crippen LogP contribution in [-0.4, -0.2) is 50.2 Å². The van der Waals surface area contributed by atoms with Crippen LogP contribution >= 0.6 is 0 Å². The second-order valence-corrected chi connectivity index (χ2v) is 9.77. The van der Waals surface area contributed by atoms with Gasteiger partial charge in [0, 0.05) is 43.0 Å². The third kappa shape index (κ3) is 5.46. The van der Waals surface area contributed by atoms with E-state index in [1.165, 1.54) is 0 Å². The maximum Gasteiger partial charge on any atom is 0.271 e. The highest BCUT2D eigenvalue weighted by molar-refractivity contribution is 5.96. The predicted octanol–water partition coefficient (Wildman–Crippen LogP) is 2.03. The fourth-order valence-electron chi connectivity index (χ4n) is 4.37. The number of carbonyl (C=O) groups excluding carboxylic acids is 2. The maximum absolute atomic E-state index is 13.0. The SMILES string of the molecule is C[C@@H]1[C@H](NC(=O)c2ccc(C(C)(C)N)cc2)CCCN1c1cnc(C(N)=O)c(Nc2cnn(C)c2)n1. The van der Waals surface area contributed by atoms with Gasteiger partial charge < -0.3 is 27.0 Å². The third-order valence-electron chi connectivity index (χ3n) is 6.45. The molecule has 4 rings (SSSR count). The molecule has 11 nitrogen and oxygen atoms in total. The van der Waals surface area contributed by atoms with Crippen LogP contribution in [0.4, 0.5) is 17.3 Å². The first kappa shape index (κ1) is 25.1. The van der Waals surface area contributed by atoms with Crippen molar-refractivity contribution in [2.45, 2.75) is 51.2 Å². The molecule has 0 radical (unpaired) electrons. The number of nitrogens with one attached hydrogen (secondary N) is 2. The smallest absolute Gasteiger partial charge is 0.271 e. The van der Waals surface area contributed by atoms with Gasteiger partial charge in [0.05, 0.1) is 18.1 Å². The number of anilines is 3. The number of nitrogens with zero attached hydrogens (tertiary/aromatic N) is 5. The number of rotatable bonds is 7. The summed E-state index contributed by atoms with van der Waals surface area (Å²) in [5.74, 6) is 0.0344. The maximum atomic E-state index is 13.0. The van der Waals surface area contributed by atoms with Crippen molar-refractivity contribution in [1.29, 1.82) is 0 Å². The Kier molecular flexibility index (Phi) is 6.93. The van der Waals surface area contributed by atoms with E-state index in [1.807, 2.05) is 32.9 Å². The molecular weight excluding hydrogens is 458 g/mol. The average molecular weight is 492 g/mol. The quantitative estimate of drug-likeness (QED) is 0.391. The molecule has 1 aliphatic heterocycles. The zero-order valence-electron chi connectivity index (χ0n) is 21.0. The summed E-state index contributed by atoms with van der Waals surface area (Å²) < 4.78 is 1.63. The van der Waals surface area contributed by atoms with Gasteiger partial charge in [-0.3, -0.25) is 14.3 Å². The van der Waals surface area contributed by atoms with Crippen LogP contribution in [0.1, 0.15) is 60.0 Å². The van der Waals surface area contributed by atoms with Crippen LogP contribution in [0.2, 0.25) is 0 Å². The number of piperidine rings is 1. The average Bonchev–Trinajstić information content (AvgIpc) is 3.24. The molecule has 2 amide bonds. The van der Waals surface area contributed by atoms with E-state index in [0.29, 0.717) is 17.1 Å². The van der Waals surface area contributed by atoms with E-state index < -0.39 is 11.4 Å². The minimum atomic E-state index is -0.679. The number of carbonyl (C=O) groups is 2. The Morgan fingerprint density at radius 3 is 2.50 bits per heavy atom. The normalized spacial score (nSPS) is 18.1. The molecule has 2 aromatic heterocycles. The monoisotopic (exact) mass is 491 g/mol. The Morgan fingerprint density at radius 2 is 1.89 bits per heavy atom. The summed E-state index contributed by atoms with van der Waals surface area (Å²) in [6, 6.07) is 7.23. The van der Waals surface area contributed by atoms with Crippen molar-refractivity contribution in [2.75, 3.05) is 16.8 Å². The Labute approximate surface area is 210 Å². The van der Waals surface area contributed by atoms with Crippen LogP contribution in [-0.2, 0) is 12.6 Å². The second-order valence-electron chi connectivity index (χ2n) is 9.77. The highest BCUT2D eigenvalue weighted by atomic mass is 16.2. The standard InChI is InChI=1S/C25H33N9O2/c1-15-19(31-24(36)16-7-9-17(10-8-16)25(2,3)27)6-5-11-34(15)20-13-28-21(22(26)35)23(32-20)30-18-12-29-33(4)14-18/h7-10,12-15,19H,5-6,11,27H2,1-4H3,(H2,26,35)(H,30,32)(H,31,36)/t15-,19-/m1/s1. The molecule has 1 aromatic carbocycles. The molecule has 1 aliphatic rings. The number of primary amides is 1. The van der Waals surface area contributed by atoms with E-state index in [4.69, 9.17) is 11.5 Å². The Hall–Kier alpha value is -3.99. The van der Waals surface area contributed by atoms with Crippen LogP contribution in [0.25, 0.3) is 0 Å². The van der Waals surface area contributed by atoms with Crippen molar-refractivity contribution < 1.29 is 9.59 Å². The van der Waals surface area contributed by atoms with Crippen LogP contribution < -0.4 is 27.0 Å². The van der Waals surface area contributed by atoms with Gasteiger partial charge in [0.2, 0.25) is 0 Å². The first-order chi connectivity index (χ1) is 17.0. The molecule has 11 heteroatoms. The number of amides is 2. The van der Waals surface area contributed by atoms with Crippen molar-refractivity contribution in [2.24, 2.45) is 18.5 Å². The fourth-order valence-corrected chi connectivity index (χ4v) is 4.37. The van der Waals surface area contributed by atoms with Crippen LogP contribution in [0.15, 0.2) is 42.9 Å². The summed E-state index contributed by atoms with van der Waals surface area (Å²) in [6.45, 7) is 6.64. The van der Waals surface area contributed by atoms with Gasteiger partial charge in [-0.05, 0) is 51.3 Å². The molecule has 0 bridgehead atoms. The van der Waals surface area contributed by atoms with Gasteiger partial charge in [0.1, 0.15) is 5.82 Å². The van der Waals surface area contributed by atoms with Crippen molar-refractivity contribution in [3.8, 4) is 0 Å². The lowest BCUT2D eigenvalue weighted by Gasteiger charge is -2.40. The van der Waals surface area contributed by atoms with Gasteiger partial charge in [0.15, 0.2) is 11.5 Å². The molecule has 0 aliphatic carbocycles. The lowest BCUT2D eigenvalue weighted by Crippen LogP contribution is -2.54. The number of aromatic nitrogens is 4. The fraction of sp³-hybridized carbons (Fsp3) is 0.400. The number of nitrogens with two attached hydrogens (primary N) is 2. The van der Waals surface area contributed by atoms with E-state index >= 15 is 0 Å². The molecule has 1 saturated heterocycles. The molecule has 1 fully saturated rings. The predicted molar refractivity (Wildman–Crippen MR) is 138 cm³/mol.